The quantitative estimate of drug-likeness (QED) is 0.813. The number of carbonyl (C=O) groups is 1. The molecule has 1 aromatic rings. The highest BCUT2D eigenvalue weighted by Crippen LogP contribution is 2.15. The van der Waals surface area contributed by atoms with Crippen LogP contribution in [0.3, 0.4) is 0 Å². The Bertz CT molecular complexity index is 441. The van der Waals surface area contributed by atoms with E-state index in [4.69, 9.17) is 5.73 Å². The molecule has 0 unspecified atom stereocenters. The second-order valence-electron chi connectivity index (χ2n) is 3.59. The Kier molecular flexibility index (Phi) is 6.26. The van der Waals surface area contributed by atoms with Gasteiger partial charge in [0, 0.05) is 23.5 Å². The molecule has 0 atom stereocenters. The fourth-order valence-corrected chi connectivity index (χ4v) is 2.28. The molecule has 1 aromatic heterocycles. The highest BCUT2D eigenvalue weighted by Gasteiger charge is 2.09. The van der Waals surface area contributed by atoms with E-state index in [-0.39, 0.29) is 6.03 Å². The maximum absolute atomic E-state index is 11.8. The maximum atomic E-state index is 11.8. The van der Waals surface area contributed by atoms with Crippen LogP contribution in [0.2, 0.25) is 0 Å². The van der Waals surface area contributed by atoms with Gasteiger partial charge >= 0.3 is 6.03 Å². The summed E-state index contributed by atoms with van der Waals surface area (Å²) in [6.07, 6.45) is 0. The summed E-state index contributed by atoms with van der Waals surface area (Å²) in [4.78, 5) is 14.6. The minimum Gasteiger partial charge on any atom is -0.333 e. The van der Waals surface area contributed by atoms with Crippen LogP contribution in [0.1, 0.15) is 24.3 Å². The van der Waals surface area contributed by atoms with Crippen molar-refractivity contribution >= 4 is 17.4 Å². The molecule has 0 spiro atoms. The Morgan fingerprint density at radius 1 is 1.50 bits per heavy atom. The Labute approximate surface area is 112 Å². The van der Waals surface area contributed by atoms with Crippen LogP contribution in [0.15, 0.2) is 11.4 Å². The molecule has 0 radical (unpaired) electrons. The average molecular weight is 265 g/mol. The number of urea groups is 1. The van der Waals surface area contributed by atoms with Crippen molar-refractivity contribution in [2.24, 2.45) is 5.73 Å². The molecule has 2 amide bonds. The summed E-state index contributed by atoms with van der Waals surface area (Å²) in [6, 6.07) is 1.91. The van der Waals surface area contributed by atoms with Crippen molar-refractivity contribution in [2.75, 3.05) is 19.6 Å². The van der Waals surface area contributed by atoms with Crippen molar-refractivity contribution in [1.29, 1.82) is 0 Å². The highest BCUT2D eigenvalue weighted by atomic mass is 32.1. The first-order valence-electron chi connectivity index (χ1n) is 6.01. The summed E-state index contributed by atoms with van der Waals surface area (Å²) >= 11 is 1.59. The fourth-order valence-electron chi connectivity index (χ4n) is 1.51. The molecule has 0 fully saturated rings. The lowest BCUT2D eigenvalue weighted by Crippen LogP contribution is -2.39. The number of amides is 2. The first-order chi connectivity index (χ1) is 8.72. The van der Waals surface area contributed by atoms with Gasteiger partial charge in [0.1, 0.15) is 0 Å². The largest absolute Gasteiger partial charge is 0.333 e. The number of rotatable bonds is 4. The van der Waals surface area contributed by atoms with Crippen molar-refractivity contribution < 1.29 is 4.79 Å². The van der Waals surface area contributed by atoms with Crippen LogP contribution in [0.5, 0.6) is 0 Å². The fraction of sp³-hybridized carbons (Fsp3) is 0.462. The highest BCUT2D eigenvalue weighted by molar-refractivity contribution is 7.10. The first-order valence-corrected chi connectivity index (χ1v) is 6.88. The molecule has 0 aliphatic carbocycles. The van der Waals surface area contributed by atoms with Crippen molar-refractivity contribution in [1.82, 2.24) is 10.2 Å². The predicted octanol–water partition coefficient (Wildman–Crippen LogP) is 1.61. The van der Waals surface area contributed by atoms with E-state index in [9.17, 15) is 4.79 Å². The second-order valence-corrected chi connectivity index (χ2v) is 4.60. The molecule has 0 aromatic carbocycles. The van der Waals surface area contributed by atoms with E-state index in [1.54, 1.807) is 16.2 Å². The molecule has 3 N–H and O–H groups in total. The molecular formula is C13H19N3OS. The second kappa shape index (κ2) is 7.75. The van der Waals surface area contributed by atoms with Crippen molar-refractivity contribution in [3.8, 4) is 11.8 Å². The molecule has 1 rings (SSSR count). The lowest BCUT2D eigenvalue weighted by atomic mass is 10.2. The van der Waals surface area contributed by atoms with E-state index in [1.807, 2.05) is 25.3 Å². The van der Waals surface area contributed by atoms with Gasteiger partial charge in [0.15, 0.2) is 0 Å². The minimum absolute atomic E-state index is 0.0360. The molecule has 18 heavy (non-hydrogen) atoms. The summed E-state index contributed by atoms with van der Waals surface area (Å²) < 4.78 is 0. The molecule has 0 aliphatic heterocycles. The van der Waals surface area contributed by atoms with Crippen LogP contribution in [-0.2, 0) is 6.54 Å². The smallest absolute Gasteiger partial charge is 0.317 e. The third-order valence-electron chi connectivity index (χ3n) is 2.52. The first kappa shape index (κ1) is 14.6. The number of nitrogens with two attached hydrogens (primary N) is 1. The summed E-state index contributed by atoms with van der Waals surface area (Å²) in [6.45, 7) is 6.22. The zero-order valence-electron chi connectivity index (χ0n) is 10.8. The van der Waals surface area contributed by atoms with Crippen molar-refractivity contribution in [3.63, 3.8) is 0 Å². The van der Waals surface area contributed by atoms with E-state index in [0.717, 1.165) is 10.4 Å². The van der Waals surface area contributed by atoms with Gasteiger partial charge in [0.2, 0.25) is 0 Å². The zero-order chi connectivity index (χ0) is 13.4. The van der Waals surface area contributed by atoms with Gasteiger partial charge in [-0.15, -0.1) is 11.3 Å². The Balaban J connectivity index is 2.58. The number of nitrogens with zero attached hydrogens (tertiary/aromatic N) is 1. The van der Waals surface area contributed by atoms with E-state index in [0.29, 0.717) is 26.2 Å². The van der Waals surface area contributed by atoms with Crippen LogP contribution >= 0.6 is 11.3 Å². The van der Waals surface area contributed by atoms with Crippen LogP contribution in [-0.4, -0.2) is 30.6 Å². The Morgan fingerprint density at radius 2 is 2.22 bits per heavy atom. The monoisotopic (exact) mass is 265 g/mol. The number of thiophene rings is 1. The number of carbonyl (C=O) groups excluding carboxylic acids is 1. The molecule has 5 heteroatoms. The molecule has 0 bridgehead atoms. The van der Waals surface area contributed by atoms with Crippen LogP contribution < -0.4 is 11.1 Å². The van der Waals surface area contributed by atoms with E-state index < -0.39 is 0 Å². The molecular weight excluding hydrogens is 246 g/mol. The number of hydrogen-bond acceptors (Lipinski definition) is 3. The van der Waals surface area contributed by atoms with Crippen LogP contribution in [0.4, 0.5) is 4.79 Å². The van der Waals surface area contributed by atoms with Gasteiger partial charge in [0.05, 0.1) is 13.1 Å². The minimum atomic E-state index is -0.0360. The molecule has 98 valence electrons. The third-order valence-corrected chi connectivity index (χ3v) is 3.44. The molecule has 0 saturated heterocycles. The Morgan fingerprint density at radius 3 is 2.83 bits per heavy atom. The van der Waals surface area contributed by atoms with Gasteiger partial charge < -0.3 is 16.0 Å². The van der Waals surface area contributed by atoms with Crippen LogP contribution in [0.25, 0.3) is 0 Å². The van der Waals surface area contributed by atoms with Gasteiger partial charge in [-0.25, -0.2) is 4.79 Å². The van der Waals surface area contributed by atoms with Gasteiger partial charge in [0.25, 0.3) is 0 Å². The summed E-state index contributed by atoms with van der Waals surface area (Å²) in [7, 11) is 0. The summed E-state index contributed by atoms with van der Waals surface area (Å²) in [5.41, 5.74) is 6.30. The third kappa shape index (κ3) is 4.06. The summed E-state index contributed by atoms with van der Waals surface area (Å²) in [5, 5.41) is 4.87. The standard InChI is InChI=1S/C13H19N3OS/c1-3-16(4-2)13(17)15-10-12-11(6-5-8-14)7-9-18-12/h7,9H,3-4,8,10,14H2,1-2H3,(H,15,17). The van der Waals surface area contributed by atoms with Crippen LogP contribution in [0, 0.1) is 11.8 Å². The summed E-state index contributed by atoms with van der Waals surface area (Å²) in [5.74, 6) is 5.83. The van der Waals surface area contributed by atoms with Crippen molar-refractivity contribution in [3.05, 3.63) is 21.9 Å². The maximum Gasteiger partial charge on any atom is 0.317 e. The number of hydrogen-bond donors (Lipinski definition) is 2. The van der Waals surface area contributed by atoms with Gasteiger partial charge in [-0.2, -0.15) is 0 Å². The van der Waals surface area contributed by atoms with Gasteiger partial charge in [-0.3, -0.25) is 0 Å². The van der Waals surface area contributed by atoms with Gasteiger partial charge in [-0.1, -0.05) is 11.8 Å². The normalized spacial score (nSPS) is 9.50. The molecule has 0 aliphatic rings. The van der Waals surface area contributed by atoms with E-state index in [2.05, 4.69) is 17.2 Å². The lowest BCUT2D eigenvalue weighted by molar-refractivity contribution is 0.203. The molecule has 1 heterocycles. The van der Waals surface area contributed by atoms with Crippen molar-refractivity contribution in [2.45, 2.75) is 20.4 Å². The predicted molar refractivity (Wildman–Crippen MR) is 75.4 cm³/mol. The van der Waals surface area contributed by atoms with E-state index in [1.165, 1.54) is 0 Å². The topological polar surface area (TPSA) is 58.4 Å². The Hall–Kier alpha value is -1.51. The van der Waals surface area contributed by atoms with E-state index >= 15 is 0 Å². The average Bonchev–Trinajstić information content (AvgIpc) is 2.82. The number of nitrogens with one attached hydrogen (secondary N) is 1. The zero-order valence-corrected chi connectivity index (χ0v) is 11.6. The van der Waals surface area contributed by atoms with Gasteiger partial charge in [-0.05, 0) is 25.3 Å². The molecule has 0 saturated carbocycles. The SMILES string of the molecule is CCN(CC)C(=O)NCc1sccc1C#CCN. The molecule has 4 nitrogen and oxygen atoms in total. The lowest BCUT2D eigenvalue weighted by Gasteiger charge is -2.18.